The predicted molar refractivity (Wildman–Crippen MR) is 71.0 cm³/mol. The first-order chi connectivity index (χ1) is 9.59. The van der Waals surface area contributed by atoms with Crippen LogP contribution in [0.1, 0.15) is 23.4 Å². The van der Waals surface area contributed by atoms with Crippen LogP contribution in [0.15, 0.2) is 24.3 Å². The van der Waals surface area contributed by atoms with Crippen LogP contribution >= 0.6 is 0 Å². The van der Waals surface area contributed by atoms with Gasteiger partial charge in [-0.2, -0.15) is 4.80 Å². The lowest BCUT2D eigenvalue weighted by atomic mass is 9.69. The standard InChI is InChI=1S/C14H16N4O2/c1-18-16-12(15-17-18)9-14(13(19)20)7-6-10-4-2-3-5-11(10)8-14/h2-5H,6-9H2,1H3,(H,19,20). The molecular formula is C14H16N4O2. The molecule has 0 spiro atoms. The number of aromatic nitrogens is 4. The van der Waals surface area contributed by atoms with Gasteiger partial charge in [-0.25, -0.2) is 0 Å². The Labute approximate surface area is 116 Å². The van der Waals surface area contributed by atoms with E-state index in [2.05, 4.69) is 21.5 Å². The summed E-state index contributed by atoms with van der Waals surface area (Å²) >= 11 is 0. The number of carboxylic acid groups (broad SMARTS) is 1. The molecule has 0 bridgehead atoms. The smallest absolute Gasteiger partial charge is 0.310 e. The van der Waals surface area contributed by atoms with E-state index in [1.165, 1.54) is 10.4 Å². The number of tetrazole rings is 1. The molecule has 0 radical (unpaired) electrons. The summed E-state index contributed by atoms with van der Waals surface area (Å²) in [6.45, 7) is 0. The highest BCUT2D eigenvalue weighted by Gasteiger charge is 2.42. The zero-order chi connectivity index (χ0) is 14.2. The maximum absolute atomic E-state index is 11.8. The molecule has 1 heterocycles. The third kappa shape index (κ3) is 2.17. The second-order valence-electron chi connectivity index (χ2n) is 5.40. The van der Waals surface area contributed by atoms with Crippen molar-refractivity contribution in [2.75, 3.05) is 0 Å². The van der Waals surface area contributed by atoms with Crippen molar-refractivity contribution in [3.63, 3.8) is 0 Å². The quantitative estimate of drug-likeness (QED) is 0.902. The topological polar surface area (TPSA) is 80.9 Å². The van der Waals surface area contributed by atoms with Gasteiger partial charge in [-0.3, -0.25) is 4.79 Å². The zero-order valence-corrected chi connectivity index (χ0v) is 11.3. The van der Waals surface area contributed by atoms with Crippen molar-refractivity contribution in [2.45, 2.75) is 25.7 Å². The third-order valence-electron chi connectivity index (χ3n) is 4.02. The van der Waals surface area contributed by atoms with Gasteiger partial charge in [0.2, 0.25) is 0 Å². The molecule has 1 unspecified atom stereocenters. The minimum atomic E-state index is -0.822. The summed E-state index contributed by atoms with van der Waals surface area (Å²) < 4.78 is 0. The Morgan fingerprint density at radius 2 is 2.15 bits per heavy atom. The fourth-order valence-corrected chi connectivity index (χ4v) is 2.91. The van der Waals surface area contributed by atoms with Gasteiger partial charge < -0.3 is 5.11 Å². The Kier molecular flexibility index (Phi) is 3.00. The van der Waals surface area contributed by atoms with Crippen molar-refractivity contribution >= 4 is 5.97 Å². The highest BCUT2D eigenvalue weighted by molar-refractivity contribution is 5.76. The molecule has 0 saturated heterocycles. The van der Waals surface area contributed by atoms with E-state index in [9.17, 15) is 9.90 Å². The molecule has 1 atom stereocenters. The van der Waals surface area contributed by atoms with E-state index in [1.54, 1.807) is 7.05 Å². The van der Waals surface area contributed by atoms with Crippen molar-refractivity contribution in [2.24, 2.45) is 12.5 Å². The number of benzene rings is 1. The van der Waals surface area contributed by atoms with Crippen LogP contribution in [0.4, 0.5) is 0 Å². The summed E-state index contributed by atoms with van der Waals surface area (Å²) in [5, 5.41) is 21.5. The van der Waals surface area contributed by atoms with Crippen LogP contribution in [0.2, 0.25) is 0 Å². The molecule has 3 rings (SSSR count). The molecule has 6 nitrogen and oxygen atoms in total. The zero-order valence-electron chi connectivity index (χ0n) is 11.3. The summed E-state index contributed by atoms with van der Waals surface area (Å²) in [5.74, 6) is -0.284. The van der Waals surface area contributed by atoms with Crippen LogP contribution in [-0.2, 0) is 31.1 Å². The van der Waals surface area contributed by atoms with Gasteiger partial charge in [0.25, 0.3) is 0 Å². The first kappa shape index (κ1) is 12.8. The molecule has 20 heavy (non-hydrogen) atoms. The van der Waals surface area contributed by atoms with Crippen molar-refractivity contribution in [1.82, 2.24) is 20.2 Å². The van der Waals surface area contributed by atoms with Gasteiger partial charge in [-0.05, 0) is 35.6 Å². The number of carbonyl (C=O) groups is 1. The van der Waals surface area contributed by atoms with Crippen LogP contribution in [0.25, 0.3) is 0 Å². The summed E-state index contributed by atoms with van der Waals surface area (Å²) in [6.07, 6.45) is 2.24. The number of aryl methyl sites for hydroxylation is 2. The lowest BCUT2D eigenvalue weighted by Crippen LogP contribution is -2.39. The van der Waals surface area contributed by atoms with E-state index < -0.39 is 11.4 Å². The average Bonchev–Trinajstić information content (AvgIpc) is 2.83. The molecule has 2 aromatic rings. The minimum Gasteiger partial charge on any atom is -0.481 e. The van der Waals surface area contributed by atoms with Crippen LogP contribution < -0.4 is 0 Å². The van der Waals surface area contributed by atoms with Crippen LogP contribution in [0.3, 0.4) is 0 Å². The Morgan fingerprint density at radius 1 is 1.40 bits per heavy atom. The maximum atomic E-state index is 11.8. The molecule has 0 amide bonds. The van der Waals surface area contributed by atoms with E-state index in [0.29, 0.717) is 25.1 Å². The maximum Gasteiger partial charge on any atom is 0.310 e. The van der Waals surface area contributed by atoms with Gasteiger partial charge in [-0.1, -0.05) is 24.3 Å². The normalized spacial score (nSPS) is 21.4. The van der Waals surface area contributed by atoms with Crippen molar-refractivity contribution in [3.8, 4) is 0 Å². The largest absolute Gasteiger partial charge is 0.481 e. The molecule has 1 aliphatic carbocycles. The summed E-state index contributed by atoms with van der Waals surface area (Å²) in [6, 6.07) is 8.03. The molecule has 104 valence electrons. The van der Waals surface area contributed by atoms with Gasteiger partial charge in [0, 0.05) is 6.42 Å². The number of nitrogens with zero attached hydrogens (tertiary/aromatic N) is 4. The van der Waals surface area contributed by atoms with Gasteiger partial charge >= 0.3 is 5.97 Å². The van der Waals surface area contributed by atoms with E-state index in [4.69, 9.17) is 0 Å². The van der Waals surface area contributed by atoms with E-state index >= 15 is 0 Å². The van der Waals surface area contributed by atoms with Crippen molar-refractivity contribution < 1.29 is 9.90 Å². The molecule has 1 N–H and O–H groups in total. The average molecular weight is 272 g/mol. The summed E-state index contributed by atoms with van der Waals surface area (Å²) in [4.78, 5) is 13.2. The molecule has 1 aromatic carbocycles. The van der Waals surface area contributed by atoms with E-state index in [-0.39, 0.29) is 0 Å². The number of aliphatic carboxylic acids is 1. The third-order valence-corrected chi connectivity index (χ3v) is 4.02. The summed E-state index contributed by atoms with van der Waals surface area (Å²) in [5.41, 5.74) is 1.54. The SMILES string of the molecule is Cn1nnc(CC2(C(=O)O)CCc3ccccc3C2)n1. The first-order valence-electron chi connectivity index (χ1n) is 6.62. The fourth-order valence-electron chi connectivity index (χ4n) is 2.91. The summed E-state index contributed by atoms with van der Waals surface area (Å²) in [7, 11) is 1.68. The number of rotatable bonds is 3. The second kappa shape index (κ2) is 4.70. The number of carboxylic acids is 1. The monoisotopic (exact) mass is 272 g/mol. The van der Waals surface area contributed by atoms with Gasteiger partial charge in [-0.15, -0.1) is 10.2 Å². The van der Waals surface area contributed by atoms with Crippen LogP contribution in [-0.4, -0.2) is 31.3 Å². The Balaban J connectivity index is 1.92. The lowest BCUT2D eigenvalue weighted by Gasteiger charge is -2.33. The van der Waals surface area contributed by atoms with E-state index in [1.807, 2.05) is 18.2 Å². The fraction of sp³-hybridized carbons (Fsp3) is 0.429. The minimum absolute atomic E-state index is 0.324. The van der Waals surface area contributed by atoms with Gasteiger partial charge in [0.15, 0.2) is 5.82 Å². The molecule has 0 aliphatic heterocycles. The lowest BCUT2D eigenvalue weighted by molar-refractivity contribution is -0.149. The van der Waals surface area contributed by atoms with Crippen LogP contribution in [0.5, 0.6) is 0 Å². The highest BCUT2D eigenvalue weighted by atomic mass is 16.4. The molecule has 6 heteroatoms. The Hall–Kier alpha value is -2.24. The predicted octanol–water partition coefficient (Wildman–Crippen LogP) is 1.01. The Morgan fingerprint density at radius 3 is 2.80 bits per heavy atom. The van der Waals surface area contributed by atoms with Crippen molar-refractivity contribution in [3.05, 3.63) is 41.2 Å². The van der Waals surface area contributed by atoms with Crippen molar-refractivity contribution in [1.29, 1.82) is 0 Å². The molecule has 1 aliphatic rings. The van der Waals surface area contributed by atoms with Crippen LogP contribution in [0, 0.1) is 5.41 Å². The van der Waals surface area contributed by atoms with Gasteiger partial charge in [0.05, 0.1) is 12.5 Å². The number of fused-ring (bicyclic) bond motifs is 1. The second-order valence-corrected chi connectivity index (χ2v) is 5.40. The number of hydrogen-bond acceptors (Lipinski definition) is 4. The molecule has 0 fully saturated rings. The highest BCUT2D eigenvalue weighted by Crippen LogP contribution is 2.38. The Bertz CT molecular complexity index is 652. The first-order valence-corrected chi connectivity index (χ1v) is 6.62. The molecule has 0 saturated carbocycles. The number of hydrogen-bond donors (Lipinski definition) is 1. The molecule has 1 aromatic heterocycles. The van der Waals surface area contributed by atoms with E-state index in [0.717, 1.165) is 12.0 Å². The van der Waals surface area contributed by atoms with Gasteiger partial charge in [0.1, 0.15) is 0 Å². The molecular weight excluding hydrogens is 256 g/mol.